The van der Waals surface area contributed by atoms with Crippen LogP contribution in [0, 0.1) is 17.3 Å². The number of ether oxygens (including phenoxy) is 2. The van der Waals surface area contributed by atoms with Crippen molar-refractivity contribution in [2.45, 2.75) is 60.8 Å². The molecule has 0 aliphatic rings. The molecule has 20 heavy (non-hydrogen) atoms. The molecule has 0 amide bonds. The Morgan fingerprint density at radius 3 is 1.75 bits per heavy atom. The molecule has 118 valence electrons. The molecule has 4 nitrogen and oxygen atoms in total. The highest BCUT2D eigenvalue weighted by atomic mass is 16.6. The van der Waals surface area contributed by atoms with Crippen molar-refractivity contribution >= 4 is 11.9 Å². The zero-order valence-electron chi connectivity index (χ0n) is 13.8. The smallest absolute Gasteiger partial charge is 0.322 e. The molecule has 0 radical (unpaired) electrons. The molecule has 0 heterocycles. The largest absolute Gasteiger partial charge is 0.465 e. The molecule has 0 aromatic carbocycles. The molecule has 0 spiro atoms. The van der Waals surface area contributed by atoms with Gasteiger partial charge >= 0.3 is 11.9 Å². The fourth-order valence-electron chi connectivity index (χ4n) is 1.49. The van der Waals surface area contributed by atoms with E-state index in [-0.39, 0.29) is 0 Å². The minimum Gasteiger partial charge on any atom is -0.465 e. The van der Waals surface area contributed by atoms with Crippen LogP contribution in [0.5, 0.6) is 0 Å². The summed E-state index contributed by atoms with van der Waals surface area (Å²) in [4.78, 5) is 23.8. The van der Waals surface area contributed by atoms with Gasteiger partial charge < -0.3 is 9.47 Å². The van der Waals surface area contributed by atoms with Gasteiger partial charge in [0.05, 0.1) is 13.2 Å². The van der Waals surface area contributed by atoms with Crippen LogP contribution in [-0.2, 0) is 19.1 Å². The molecule has 0 fully saturated rings. The van der Waals surface area contributed by atoms with Gasteiger partial charge in [-0.05, 0) is 44.9 Å². The van der Waals surface area contributed by atoms with Crippen LogP contribution in [0.2, 0.25) is 0 Å². The molecule has 0 rings (SSSR count). The van der Waals surface area contributed by atoms with Gasteiger partial charge in [0.1, 0.15) is 0 Å². The average Bonchev–Trinajstić information content (AvgIpc) is 2.33. The Kier molecular flexibility index (Phi) is 8.51. The second-order valence-corrected chi connectivity index (χ2v) is 6.62. The summed E-state index contributed by atoms with van der Waals surface area (Å²) in [6, 6.07) is 0. The molecule has 0 saturated heterocycles. The predicted octanol–water partition coefficient (Wildman–Crippen LogP) is 3.58. The number of hydrogen-bond donors (Lipinski definition) is 0. The third-order valence-electron chi connectivity index (χ3n) is 3.11. The van der Waals surface area contributed by atoms with Crippen molar-refractivity contribution in [3.8, 4) is 0 Å². The Hall–Kier alpha value is -1.06. The quantitative estimate of drug-likeness (QED) is 0.369. The van der Waals surface area contributed by atoms with Crippen molar-refractivity contribution in [3.63, 3.8) is 0 Å². The summed E-state index contributed by atoms with van der Waals surface area (Å²) in [5.74, 6) is 0.0411. The summed E-state index contributed by atoms with van der Waals surface area (Å²) in [5.41, 5.74) is -1.23. The zero-order valence-corrected chi connectivity index (χ0v) is 13.8. The fraction of sp³-hybridized carbons (Fsp3) is 0.875. The summed E-state index contributed by atoms with van der Waals surface area (Å²) in [7, 11) is 0. The van der Waals surface area contributed by atoms with Gasteiger partial charge in [0.15, 0.2) is 5.41 Å². The van der Waals surface area contributed by atoms with Crippen molar-refractivity contribution in [1.29, 1.82) is 0 Å². The van der Waals surface area contributed by atoms with Crippen LogP contribution in [0.25, 0.3) is 0 Å². The molecule has 0 aliphatic heterocycles. The predicted molar refractivity (Wildman–Crippen MR) is 79.2 cm³/mol. The van der Waals surface area contributed by atoms with Crippen LogP contribution >= 0.6 is 0 Å². The maximum absolute atomic E-state index is 11.9. The number of rotatable bonds is 9. The standard InChI is InChI=1S/C16H30O4/c1-12(2)8-7-10-19-14(17)16(5,6)15(18)20-11-9-13(3)4/h12-13H,7-11H2,1-6H3. The highest BCUT2D eigenvalue weighted by Gasteiger charge is 2.39. The third-order valence-corrected chi connectivity index (χ3v) is 3.11. The van der Waals surface area contributed by atoms with Gasteiger partial charge in [0.25, 0.3) is 0 Å². The summed E-state index contributed by atoms with van der Waals surface area (Å²) >= 11 is 0. The van der Waals surface area contributed by atoms with E-state index in [4.69, 9.17) is 9.47 Å². The fourth-order valence-corrected chi connectivity index (χ4v) is 1.49. The molecule has 0 aliphatic carbocycles. The van der Waals surface area contributed by atoms with E-state index in [9.17, 15) is 9.59 Å². The lowest BCUT2D eigenvalue weighted by atomic mass is 9.94. The van der Waals surface area contributed by atoms with E-state index in [2.05, 4.69) is 27.7 Å². The first-order chi connectivity index (χ1) is 9.17. The van der Waals surface area contributed by atoms with E-state index < -0.39 is 17.4 Å². The van der Waals surface area contributed by atoms with Crippen LogP contribution in [-0.4, -0.2) is 25.2 Å². The third kappa shape index (κ3) is 7.51. The van der Waals surface area contributed by atoms with E-state index >= 15 is 0 Å². The van der Waals surface area contributed by atoms with Crippen molar-refractivity contribution in [2.75, 3.05) is 13.2 Å². The van der Waals surface area contributed by atoms with E-state index in [1.54, 1.807) is 13.8 Å². The van der Waals surface area contributed by atoms with E-state index in [0.29, 0.717) is 25.0 Å². The molecule has 4 heteroatoms. The van der Waals surface area contributed by atoms with Crippen LogP contribution in [0.3, 0.4) is 0 Å². The molecular formula is C16H30O4. The molecule has 0 bridgehead atoms. The van der Waals surface area contributed by atoms with Crippen molar-refractivity contribution in [3.05, 3.63) is 0 Å². The molecule has 0 unspecified atom stereocenters. The molecule has 0 saturated carbocycles. The molecule has 0 aromatic rings. The van der Waals surface area contributed by atoms with Gasteiger partial charge in [-0.25, -0.2) is 0 Å². The minimum absolute atomic E-state index is 0.348. The number of carbonyl (C=O) groups is 2. The van der Waals surface area contributed by atoms with Crippen LogP contribution in [0.1, 0.15) is 60.8 Å². The van der Waals surface area contributed by atoms with Crippen LogP contribution in [0.4, 0.5) is 0 Å². The zero-order chi connectivity index (χ0) is 15.8. The maximum Gasteiger partial charge on any atom is 0.322 e. The summed E-state index contributed by atoms with van der Waals surface area (Å²) in [6.45, 7) is 12.2. The first-order valence-corrected chi connectivity index (χ1v) is 7.52. The lowest BCUT2D eigenvalue weighted by Crippen LogP contribution is -2.37. The monoisotopic (exact) mass is 286 g/mol. The highest BCUT2D eigenvalue weighted by Crippen LogP contribution is 2.20. The van der Waals surface area contributed by atoms with Gasteiger partial charge in [-0.3, -0.25) is 9.59 Å². The lowest BCUT2D eigenvalue weighted by Gasteiger charge is -2.21. The van der Waals surface area contributed by atoms with Gasteiger partial charge in [-0.2, -0.15) is 0 Å². The van der Waals surface area contributed by atoms with Gasteiger partial charge in [0, 0.05) is 0 Å². The Labute approximate surface area is 123 Å². The molecule has 0 atom stereocenters. The Morgan fingerprint density at radius 1 is 0.850 bits per heavy atom. The number of carbonyl (C=O) groups excluding carboxylic acids is 2. The maximum atomic E-state index is 11.9. The summed E-state index contributed by atoms with van der Waals surface area (Å²) < 4.78 is 10.3. The summed E-state index contributed by atoms with van der Waals surface area (Å²) in [5, 5.41) is 0. The second-order valence-electron chi connectivity index (χ2n) is 6.62. The van der Waals surface area contributed by atoms with Gasteiger partial charge in [-0.15, -0.1) is 0 Å². The highest BCUT2D eigenvalue weighted by molar-refractivity contribution is 5.99. The molecular weight excluding hydrogens is 256 g/mol. The Balaban J connectivity index is 4.11. The minimum atomic E-state index is -1.23. The van der Waals surface area contributed by atoms with E-state index in [1.807, 2.05) is 0 Å². The van der Waals surface area contributed by atoms with Crippen molar-refractivity contribution < 1.29 is 19.1 Å². The van der Waals surface area contributed by atoms with Gasteiger partial charge in [0.2, 0.25) is 0 Å². The van der Waals surface area contributed by atoms with Crippen LogP contribution in [0.15, 0.2) is 0 Å². The number of hydrogen-bond acceptors (Lipinski definition) is 4. The average molecular weight is 286 g/mol. The Morgan fingerprint density at radius 2 is 1.30 bits per heavy atom. The molecule has 0 N–H and O–H groups in total. The topological polar surface area (TPSA) is 52.6 Å². The number of esters is 2. The Bertz CT molecular complexity index is 306. The van der Waals surface area contributed by atoms with Crippen molar-refractivity contribution in [2.24, 2.45) is 17.3 Å². The second kappa shape index (κ2) is 8.98. The summed E-state index contributed by atoms with van der Waals surface area (Å²) in [6.07, 6.45) is 2.62. The van der Waals surface area contributed by atoms with Crippen LogP contribution < -0.4 is 0 Å². The van der Waals surface area contributed by atoms with E-state index in [0.717, 1.165) is 19.3 Å². The molecule has 0 aromatic heterocycles. The van der Waals surface area contributed by atoms with Gasteiger partial charge in [-0.1, -0.05) is 27.7 Å². The first-order valence-electron chi connectivity index (χ1n) is 7.52. The first kappa shape index (κ1) is 18.9. The SMILES string of the molecule is CC(C)CCCOC(=O)C(C)(C)C(=O)OCCC(C)C. The van der Waals surface area contributed by atoms with Crippen molar-refractivity contribution in [1.82, 2.24) is 0 Å². The normalized spacial score (nSPS) is 11.8. The lowest BCUT2D eigenvalue weighted by molar-refractivity contribution is -0.170. The van der Waals surface area contributed by atoms with E-state index in [1.165, 1.54) is 0 Å².